The van der Waals surface area contributed by atoms with Crippen molar-refractivity contribution in [3.63, 3.8) is 0 Å². The Morgan fingerprint density at radius 2 is 1.93 bits per heavy atom. The Kier molecular flexibility index (Phi) is 4.52. The lowest BCUT2D eigenvalue weighted by atomic mass is 10.2. The number of carbonyl (C=O) groups excluding carboxylic acids is 2. The molecule has 0 radical (unpaired) electrons. The molecular weight excluding hydrogens is 363 g/mol. The molecule has 1 aliphatic heterocycles. The summed E-state index contributed by atoms with van der Waals surface area (Å²) in [6, 6.07) is 12.9. The highest BCUT2D eigenvalue weighted by Crippen LogP contribution is 2.22. The van der Waals surface area contributed by atoms with Gasteiger partial charge in [0, 0.05) is 11.3 Å². The molecule has 2 heterocycles. The van der Waals surface area contributed by atoms with Gasteiger partial charge in [-0.25, -0.2) is 13.9 Å². The van der Waals surface area contributed by atoms with Crippen LogP contribution in [0.1, 0.15) is 16.1 Å². The fourth-order valence-corrected chi connectivity index (χ4v) is 3.01. The van der Waals surface area contributed by atoms with Gasteiger partial charge in [0.2, 0.25) is 0 Å². The van der Waals surface area contributed by atoms with Crippen LogP contribution in [0, 0.1) is 12.7 Å². The molecule has 1 aromatic heterocycles. The Morgan fingerprint density at radius 1 is 1.18 bits per heavy atom. The Balaban J connectivity index is 1.51. The molecule has 142 valence electrons. The van der Waals surface area contributed by atoms with Gasteiger partial charge in [0.05, 0.1) is 24.1 Å². The molecule has 4 rings (SSSR count). The predicted molar refractivity (Wildman–Crippen MR) is 101 cm³/mol. The van der Waals surface area contributed by atoms with Crippen molar-refractivity contribution in [1.82, 2.24) is 9.78 Å². The first-order valence-electron chi connectivity index (χ1n) is 8.70. The third-order valence-corrected chi connectivity index (χ3v) is 4.54. The lowest BCUT2D eigenvalue weighted by Gasteiger charge is -2.13. The number of halogens is 1. The second-order valence-electron chi connectivity index (χ2n) is 6.27. The Labute approximate surface area is 160 Å². The van der Waals surface area contributed by atoms with Crippen LogP contribution in [0.4, 0.5) is 20.6 Å². The SMILES string of the molecule is Cc1c(NC(=O)c2ccc(N3CCOC3=O)cc2)cnn1-c1ccccc1F. The van der Waals surface area contributed by atoms with E-state index in [0.717, 1.165) is 0 Å². The normalized spacial score (nSPS) is 13.5. The molecule has 2 amide bonds. The summed E-state index contributed by atoms with van der Waals surface area (Å²) in [5.41, 5.74) is 2.50. The maximum absolute atomic E-state index is 14.0. The van der Waals surface area contributed by atoms with Crippen molar-refractivity contribution < 1.29 is 18.7 Å². The number of hydrogen-bond acceptors (Lipinski definition) is 4. The summed E-state index contributed by atoms with van der Waals surface area (Å²) in [6.45, 7) is 2.59. The summed E-state index contributed by atoms with van der Waals surface area (Å²) in [5, 5.41) is 6.96. The van der Waals surface area contributed by atoms with Crippen LogP contribution in [0.25, 0.3) is 5.69 Å². The predicted octanol–water partition coefficient (Wildman–Crippen LogP) is 3.53. The van der Waals surface area contributed by atoms with Crippen LogP contribution in [0.2, 0.25) is 0 Å². The monoisotopic (exact) mass is 380 g/mol. The quantitative estimate of drug-likeness (QED) is 0.751. The van der Waals surface area contributed by atoms with Crippen LogP contribution < -0.4 is 10.2 Å². The first-order valence-corrected chi connectivity index (χ1v) is 8.70. The molecule has 1 fully saturated rings. The average molecular weight is 380 g/mol. The Morgan fingerprint density at radius 3 is 2.61 bits per heavy atom. The topological polar surface area (TPSA) is 76.5 Å². The summed E-state index contributed by atoms with van der Waals surface area (Å²) in [6.07, 6.45) is 1.09. The molecule has 0 atom stereocenters. The van der Waals surface area contributed by atoms with E-state index < -0.39 is 11.9 Å². The van der Waals surface area contributed by atoms with Gasteiger partial charge >= 0.3 is 6.09 Å². The maximum Gasteiger partial charge on any atom is 0.414 e. The number of nitrogens with one attached hydrogen (secondary N) is 1. The summed E-state index contributed by atoms with van der Waals surface area (Å²) in [4.78, 5) is 25.7. The van der Waals surface area contributed by atoms with Crippen LogP contribution in [-0.2, 0) is 4.74 Å². The molecule has 1 N–H and O–H groups in total. The molecule has 8 heteroatoms. The summed E-state index contributed by atoms with van der Waals surface area (Å²) < 4.78 is 20.3. The number of cyclic esters (lactones) is 1. The number of para-hydroxylation sites is 1. The van der Waals surface area contributed by atoms with Crippen molar-refractivity contribution in [1.29, 1.82) is 0 Å². The lowest BCUT2D eigenvalue weighted by molar-refractivity contribution is 0.102. The van der Waals surface area contributed by atoms with E-state index in [1.165, 1.54) is 21.8 Å². The zero-order valence-electron chi connectivity index (χ0n) is 15.1. The minimum Gasteiger partial charge on any atom is -0.447 e. The van der Waals surface area contributed by atoms with Crippen LogP contribution in [0.15, 0.2) is 54.7 Å². The fourth-order valence-electron chi connectivity index (χ4n) is 3.01. The van der Waals surface area contributed by atoms with E-state index in [9.17, 15) is 14.0 Å². The minimum absolute atomic E-state index is 0.308. The van der Waals surface area contributed by atoms with Crippen LogP contribution >= 0.6 is 0 Å². The summed E-state index contributed by atoms with van der Waals surface area (Å²) in [5.74, 6) is -0.727. The number of carbonyl (C=O) groups is 2. The first-order chi connectivity index (χ1) is 13.5. The summed E-state index contributed by atoms with van der Waals surface area (Å²) >= 11 is 0. The Bertz CT molecular complexity index is 1050. The van der Waals surface area contributed by atoms with Gasteiger partial charge in [-0.05, 0) is 43.3 Å². The van der Waals surface area contributed by atoms with Crippen LogP contribution in [0.3, 0.4) is 0 Å². The summed E-state index contributed by atoms with van der Waals surface area (Å²) in [7, 11) is 0. The number of aromatic nitrogens is 2. The molecule has 1 saturated heterocycles. The van der Waals surface area contributed by atoms with Crippen molar-refractivity contribution >= 4 is 23.4 Å². The first kappa shape index (κ1) is 17.7. The number of benzene rings is 2. The maximum atomic E-state index is 14.0. The number of amides is 2. The molecular formula is C20H17FN4O3. The zero-order valence-corrected chi connectivity index (χ0v) is 15.1. The second kappa shape index (κ2) is 7.15. The van der Waals surface area contributed by atoms with E-state index >= 15 is 0 Å². The van der Waals surface area contributed by atoms with E-state index in [4.69, 9.17) is 4.74 Å². The van der Waals surface area contributed by atoms with Crippen LogP contribution in [0.5, 0.6) is 0 Å². The number of rotatable bonds is 4. The average Bonchev–Trinajstić information content (AvgIpc) is 3.28. The molecule has 2 aromatic carbocycles. The van der Waals surface area contributed by atoms with E-state index in [2.05, 4.69) is 10.4 Å². The van der Waals surface area contributed by atoms with E-state index in [0.29, 0.717) is 41.5 Å². The highest BCUT2D eigenvalue weighted by Gasteiger charge is 2.23. The van der Waals surface area contributed by atoms with Gasteiger partial charge in [-0.15, -0.1) is 0 Å². The molecule has 1 aliphatic rings. The molecule has 0 bridgehead atoms. The largest absolute Gasteiger partial charge is 0.447 e. The highest BCUT2D eigenvalue weighted by molar-refractivity contribution is 6.05. The molecule has 3 aromatic rings. The van der Waals surface area contributed by atoms with E-state index in [1.54, 1.807) is 49.4 Å². The van der Waals surface area contributed by atoms with Crippen molar-refractivity contribution in [2.75, 3.05) is 23.4 Å². The molecule has 7 nitrogen and oxygen atoms in total. The zero-order chi connectivity index (χ0) is 19.7. The number of ether oxygens (including phenoxy) is 1. The molecule has 0 spiro atoms. The molecule has 0 aliphatic carbocycles. The van der Waals surface area contributed by atoms with E-state index in [-0.39, 0.29) is 5.91 Å². The van der Waals surface area contributed by atoms with Crippen molar-refractivity contribution in [2.45, 2.75) is 6.92 Å². The van der Waals surface area contributed by atoms with Crippen LogP contribution in [-0.4, -0.2) is 34.9 Å². The third-order valence-electron chi connectivity index (χ3n) is 4.54. The van der Waals surface area contributed by atoms with Gasteiger partial charge in [-0.3, -0.25) is 9.69 Å². The van der Waals surface area contributed by atoms with Gasteiger partial charge in [0.25, 0.3) is 5.91 Å². The van der Waals surface area contributed by atoms with Crippen molar-refractivity contribution in [3.05, 3.63) is 71.8 Å². The molecule has 0 saturated carbocycles. The third kappa shape index (κ3) is 3.20. The number of hydrogen-bond donors (Lipinski definition) is 1. The standard InChI is InChI=1S/C20H17FN4O3/c1-13-17(12-22-25(13)18-5-3-2-4-16(18)21)23-19(26)14-6-8-15(9-7-14)24-10-11-28-20(24)27/h2-9,12H,10-11H2,1H3,(H,23,26). The lowest BCUT2D eigenvalue weighted by Crippen LogP contribution is -2.23. The molecule has 0 unspecified atom stereocenters. The van der Waals surface area contributed by atoms with E-state index in [1.807, 2.05) is 0 Å². The second-order valence-corrected chi connectivity index (χ2v) is 6.27. The van der Waals surface area contributed by atoms with Gasteiger partial charge in [-0.1, -0.05) is 12.1 Å². The van der Waals surface area contributed by atoms with Crippen molar-refractivity contribution in [2.24, 2.45) is 0 Å². The Hall–Kier alpha value is -3.68. The fraction of sp³-hybridized carbons (Fsp3) is 0.150. The number of nitrogens with zero attached hydrogens (tertiary/aromatic N) is 3. The van der Waals surface area contributed by atoms with Crippen molar-refractivity contribution in [3.8, 4) is 5.69 Å². The molecule has 28 heavy (non-hydrogen) atoms. The smallest absolute Gasteiger partial charge is 0.414 e. The van der Waals surface area contributed by atoms with Gasteiger partial charge in [0.15, 0.2) is 0 Å². The minimum atomic E-state index is -0.400. The number of anilines is 2. The van der Waals surface area contributed by atoms with Gasteiger partial charge in [-0.2, -0.15) is 5.10 Å². The van der Waals surface area contributed by atoms with Gasteiger partial charge < -0.3 is 10.1 Å². The highest BCUT2D eigenvalue weighted by atomic mass is 19.1. The van der Waals surface area contributed by atoms with Gasteiger partial charge in [0.1, 0.15) is 18.1 Å².